The van der Waals surface area contributed by atoms with Crippen molar-refractivity contribution in [3.63, 3.8) is 0 Å². The molecule has 0 atom stereocenters. The van der Waals surface area contributed by atoms with E-state index in [1.165, 1.54) is 5.56 Å². The fraction of sp³-hybridized carbons (Fsp3) is 0.450. The Morgan fingerprint density at radius 1 is 1.12 bits per heavy atom. The molecule has 2 aromatic heterocycles. The molecule has 25 heavy (non-hydrogen) atoms. The maximum absolute atomic E-state index is 12.5. The Balaban J connectivity index is 1.42. The highest BCUT2D eigenvalue weighted by Crippen LogP contribution is 2.21. The van der Waals surface area contributed by atoms with Crippen LogP contribution in [0.2, 0.25) is 0 Å². The lowest BCUT2D eigenvalue weighted by Gasteiger charge is -2.33. The molecular weight excluding hydrogens is 312 g/mol. The van der Waals surface area contributed by atoms with Crippen molar-refractivity contribution in [3.8, 4) is 0 Å². The van der Waals surface area contributed by atoms with Crippen molar-refractivity contribution in [2.45, 2.75) is 25.8 Å². The Hall–Kier alpha value is -2.27. The predicted molar refractivity (Wildman–Crippen MR) is 97.8 cm³/mol. The van der Waals surface area contributed by atoms with Gasteiger partial charge in [0.2, 0.25) is 5.91 Å². The number of hydrogen-bond donors (Lipinski definition) is 0. The molecule has 1 saturated heterocycles. The summed E-state index contributed by atoms with van der Waals surface area (Å²) in [6.07, 6.45) is 10.6. The Labute approximate surface area is 149 Å². The van der Waals surface area contributed by atoms with Gasteiger partial charge in [-0.15, -0.1) is 0 Å². The standard InChI is InChI=1S/C20H26N4O/c1-23(15-19-3-2-8-22-14-19)16-20(25)24-11-6-18(7-12-24)13-17-4-9-21-10-5-17/h2-5,8-10,14,18H,6-7,11-13,15-16H2,1H3. The fourth-order valence-corrected chi connectivity index (χ4v) is 3.43. The SMILES string of the molecule is CN(CC(=O)N1CCC(Cc2ccncc2)CC1)Cc1cccnc1. The highest BCUT2D eigenvalue weighted by atomic mass is 16.2. The van der Waals surface area contributed by atoms with Crippen molar-refractivity contribution < 1.29 is 4.79 Å². The number of pyridine rings is 2. The van der Waals surface area contributed by atoms with Crippen molar-refractivity contribution in [3.05, 3.63) is 60.2 Å². The van der Waals surface area contributed by atoms with Gasteiger partial charge in [-0.1, -0.05) is 6.07 Å². The van der Waals surface area contributed by atoms with E-state index in [-0.39, 0.29) is 5.91 Å². The molecule has 0 radical (unpaired) electrons. The number of carbonyl (C=O) groups is 1. The molecule has 0 spiro atoms. The maximum atomic E-state index is 12.5. The minimum Gasteiger partial charge on any atom is -0.342 e. The number of carbonyl (C=O) groups excluding carboxylic acids is 1. The van der Waals surface area contributed by atoms with E-state index in [4.69, 9.17) is 0 Å². The Bertz CT molecular complexity index is 654. The first kappa shape index (κ1) is 17.5. The zero-order valence-electron chi connectivity index (χ0n) is 14.8. The first-order valence-corrected chi connectivity index (χ1v) is 8.95. The molecule has 3 heterocycles. The number of rotatable bonds is 6. The van der Waals surface area contributed by atoms with Gasteiger partial charge in [-0.2, -0.15) is 0 Å². The van der Waals surface area contributed by atoms with E-state index < -0.39 is 0 Å². The zero-order chi connectivity index (χ0) is 17.5. The lowest BCUT2D eigenvalue weighted by atomic mass is 9.90. The summed E-state index contributed by atoms with van der Waals surface area (Å²) in [5.41, 5.74) is 2.48. The monoisotopic (exact) mass is 338 g/mol. The van der Waals surface area contributed by atoms with Crippen molar-refractivity contribution in [2.75, 3.05) is 26.7 Å². The summed E-state index contributed by atoms with van der Waals surface area (Å²) < 4.78 is 0. The average molecular weight is 338 g/mol. The van der Waals surface area contributed by atoms with Crippen LogP contribution in [-0.2, 0) is 17.8 Å². The smallest absolute Gasteiger partial charge is 0.236 e. The van der Waals surface area contributed by atoms with Gasteiger partial charge in [0.25, 0.3) is 0 Å². The number of aromatic nitrogens is 2. The number of nitrogens with zero attached hydrogens (tertiary/aromatic N) is 4. The summed E-state index contributed by atoms with van der Waals surface area (Å²) in [5, 5.41) is 0. The summed E-state index contributed by atoms with van der Waals surface area (Å²) in [6, 6.07) is 8.15. The van der Waals surface area contributed by atoms with Gasteiger partial charge >= 0.3 is 0 Å². The van der Waals surface area contributed by atoms with Gasteiger partial charge in [-0.3, -0.25) is 19.7 Å². The van der Waals surface area contributed by atoms with Crippen molar-refractivity contribution in [2.24, 2.45) is 5.92 Å². The van der Waals surface area contributed by atoms with Gasteiger partial charge in [-0.25, -0.2) is 0 Å². The van der Waals surface area contributed by atoms with E-state index in [0.29, 0.717) is 12.5 Å². The van der Waals surface area contributed by atoms with Crippen molar-refractivity contribution in [1.29, 1.82) is 0 Å². The largest absolute Gasteiger partial charge is 0.342 e. The quantitative estimate of drug-likeness (QED) is 0.811. The molecule has 3 rings (SSSR count). The summed E-state index contributed by atoms with van der Waals surface area (Å²) in [5.74, 6) is 0.897. The minimum absolute atomic E-state index is 0.230. The highest BCUT2D eigenvalue weighted by molar-refractivity contribution is 5.78. The van der Waals surface area contributed by atoms with Crippen LogP contribution in [0.25, 0.3) is 0 Å². The second-order valence-electron chi connectivity index (χ2n) is 6.92. The molecule has 0 aromatic carbocycles. The molecule has 5 nitrogen and oxygen atoms in total. The topological polar surface area (TPSA) is 49.3 Å². The van der Waals surface area contributed by atoms with Crippen molar-refractivity contribution >= 4 is 5.91 Å². The molecule has 132 valence electrons. The van der Waals surface area contributed by atoms with E-state index >= 15 is 0 Å². The summed E-state index contributed by atoms with van der Waals surface area (Å²) in [7, 11) is 1.99. The summed E-state index contributed by atoms with van der Waals surface area (Å²) >= 11 is 0. The summed E-state index contributed by atoms with van der Waals surface area (Å²) in [4.78, 5) is 24.8. The van der Waals surface area contributed by atoms with E-state index in [9.17, 15) is 4.79 Å². The van der Waals surface area contributed by atoms with E-state index in [0.717, 1.165) is 44.5 Å². The number of likely N-dealkylation sites (N-methyl/N-ethyl adjacent to an activating group) is 1. The third-order valence-corrected chi connectivity index (χ3v) is 4.82. The Morgan fingerprint density at radius 2 is 1.88 bits per heavy atom. The van der Waals surface area contributed by atoms with Crippen LogP contribution >= 0.6 is 0 Å². The first-order chi connectivity index (χ1) is 12.2. The van der Waals surface area contributed by atoms with Crippen LogP contribution in [0.4, 0.5) is 0 Å². The molecule has 0 N–H and O–H groups in total. The zero-order valence-corrected chi connectivity index (χ0v) is 14.8. The van der Waals surface area contributed by atoms with E-state index in [2.05, 4.69) is 27.0 Å². The molecule has 0 aliphatic carbocycles. The third-order valence-electron chi connectivity index (χ3n) is 4.82. The lowest BCUT2D eigenvalue weighted by Crippen LogP contribution is -2.43. The van der Waals surface area contributed by atoms with E-state index in [1.807, 2.05) is 42.7 Å². The van der Waals surface area contributed by atoms with Crippen LogP contribution in [0.3, 0.4) is 0 Å². The number of piperidine rings is 1. The number of hydrogen-bond acceptors (Lipinski definition) is 4. The second kappa shape index (κ2) is 8.72. The van der Waals surface area contributed by atoms with Gasteiger partial charge in [0.05, 0.1) is 6.54 Å². The van der Waals surface area contributed by atoms with Gasteiger partial charge in [0, 0.05) is 44.4 Å². The van der Waals surface area contributed by atoms with Gasteiger partial charge in [0.15, 0.2) is 0 Å². The molecule has 2 aromatic rings. The molecule has 0 unspecified atom stereocenters. The van der Waals surface area contributed by atoms with Gasteiger partial charge in [-0.05, 0) is 61.6 Å². The van der Waals surface area contributed by atoms with Crippen LogP contribution in [0.15, 0.2) is 49.1 Å². The number of amides is 1. The molecule has 1 amide bonds. The van der Waals surface area contributed by atoms with Crippen LogP contribution in [0.1, 0.15) is 24.0 Å². The van der Waals surface area contributed by atoms with Gasteiger partial charge in [0.1, 0.15) is 0 Å². The molecule has 0 bridgehead atoms. The van der Waals surface area contributed by atoms with Crippen molar-refractivity contribution in [1.82, 2.24) is 19.8 Å². The van der Waals surface area contributed by atoms with Gasteiger partial charge < -0.3 is 4.90 Å². The van der Waals surface area contributed by atoms with Crippen LogP contribution in [-0.4, -0.2) is 52.4 Å². The molecular formula is C20H26N4O. The fourth-order valence-electron chi connectivity index (χ4n) is 3.43. The molecule has 0 saturated carbocycles. The molecule has 1 aliphatic rings. The molecule has 1 fully saturated rings. The normalized spacial score (nSPS) is 15.5. The highest BCUT2D eigenvalue weighted by Gasteiger charge is 2.23. The second-order valence-corrected chi connectivity index (χ2v) is 6.92. The lowest BCUT2D eigenvalue weighted by molar-refractivity contribution is -0.133. The predicted octanol–water partition coefficient (Wildman–Crippen LogP) is 2.39. The number of likely N-dealkylation sites (tertiary alicyclic amines) is 1. The average Bonchev–Trinajstić information content (AvgIpc) is 2.64. The molecule has 5 heteroatoms. The Morgan fingerprint density at radius 3 is 2.56 bits per heavy atom. The molecule has 1 aliphatic heterocycles. The van der Waals surface area contributed by atoms with E-state index in [1.54, 1.807) is 6.20 Å². The first-order valence-electron chi connectivity index (χ1n) is 8.95. The Kier molecular flexibility index (Phi) is 6.12. The third kappa shape index (κ3) is 5.36. The van der Waals surface area contributed by atoms with Crippen LogP contribution in [0, 0.1) is 5.92 Å². The maximum Gasteiger partial charge on any atom is 0.236 e. The summed E-state index contributed by atoms with van der Waals surface area (Å²) in [6.45, 7) is 2.95. The van der Waals surface area contributed by atoms with Crippen LogP contribution in [0.5, 0.6) is 0 Å². The minimum atomic E-state index is 0.230. The van der Waals surface area contributed by atoms with Crippen LogP contribution < -0.4 is 0 Å².